The smallest absolute Gasteiger partial charge is 0.230 e. The summed E-state index contributed by atoms with van der Waals surface area (Å²) in [5, 5.41) is 4.89. The summed E-state index contributed by atoms with van der Waals surface area (Å²) < 4.78 is 12.6. The number of imidazole rings is 1. The molecule has 4 rings (SSSR count). The molecular formula is C22H21N3O3S. The maximum atomic E-state index is 12.5. The van der Waals surface area contributed by atoms with Gasteiger partial charge < -0.3 is 14.8 Å². The molecule has 0 radical (unpaired) electrons. The summed E-state index contributed by atoms with van der Waals surface area (Å²) in [7, 11) is 1.61. The van der Waals surface area contributed by atoms with Gasteiger partial charge in [-0.05, 0) is 55.5 Å². The van der Waals surface area contributed by atoms with E-state index >= 15 is 0 Å². The normalized spacial score (nSPS) is 10.8. The number of hydrogen-bond donors (Lipinski definition) is 1. The molecule has 2 aromatic heterocycles. The van der Waals surface area contributed by atoms with Gasteiger partial charge in [-0.1, -0.05) is 0 Å². The molecule has 0 saturated heterocycles. The van der Waals surface area contributed by atoms with Gasteiger partial charge in [0, 0.05) is 28.5 Å². The number of hydrogen-bond acceptors (Lipinski definition) is 5. The molecule has 2 heterocycles. The lowest BCUT2D eigenvalue weighted by molar-refractivity contribution is -0.115. The first-order chi connectivity index (χ1) is 14.2. The first-order valence-corrected chi connectivity index (χ1v) is 10.2. The third-order valence-corrected chi connectivity index (χ3v) is 5.35. The monoisotopic (exact) mass is 407 g/mol. The van der Waals surface area contributed by atoms with Crippen molar-refractivity contribution in [3.8, 4) is 22.8 Å². The van der Waals surface area contributed by atoms with E-state index in [1.807, 2.05) is 71.4 Å². The summed E-state index contributed by atoms with van der Waals surface area (Å²) in [6.07, 6.45) is 2.24. The van der Waals surface area contributed by atoms with E-state index in [-0.39, 0.29) is 12.3 Å². The lowest BCUT2D eigenvalue weighted by atomic mass is 10.1. The first kappa shape index (κ1) is 19.0. The van der Waals surface area contributed by atoms with Crippen molar-refractivity contribution in [2.24, 2.45) is 0 Å². The van der Waals surface area contributed by atoms with Crippen molar-refractivity contribution in [2.75, 3.05) is 19.0 Å². The molecule has 0 fully saturated rings. The van der Waals surface area contributed by atoms with E-state index in [0.717, 1.165) is 39.1 Å². The van der Waals surface area contributed by atoms with E-state index in [4.69, 9.17) is 9.47 Å². The molecule has 0 atom stereocenters. The highest BCUT2D eigenvalue weighted by Crippen LogP contribution is 2.26. The van der Waals surface area contributed by atoms with Crippen LogP contribution in [0.3, 0.4) is 0 Å². The molecule has 6 nitrogen and oxygen atoms in total. The Bertz CT molecular complexity index is 1110. The summed E-state index contributed by atoms with van der Waals surface area (Å²) >= 11 is 1.52. The van der Waals surface area contributed by atoms with Crippen molar-refractivity contribution < 1.29 is 14.3 Å². The molecule has 2 aromatic carbocycles. The average Bonchev–Trinajstić information content (AvgIpc) is 3.31. The molecule has 29 heavy (non-hydrogen) atoms. The van der Waals surface area contributed by atoms with Crippen LogP contribution in [-0.4, -0.2) is 29.0 Å². The van der Waals surface area contributed by atoms with Gasteiger partial charge >= 0.3 is 0 Å². The highest BCUT2D eigenvalue weighted by Gasteiger charge is 2.13. The number of rotatable bonds is 7. The molecule has 0 aliphatic carbocycles. The molecule has 1 N–H and O–H groups in total. The van der Waals surface area contributed by atoms with Gasteiger partial charge in [-0.25, -0.2) is 4.98 Å². The molecule has 0 spiro atoms. The summed E-state index contributed by atoms with van der Waals surface area (Å²) in [5.74, 6) is 1.52. The number of nitrogens with zero attached hydrogens (tertiary/aromatic N) is 2. The number of methoxy groups -OCH3 is 1. The van der Waals surface area contributed by atoms with Crippen LogP contribution in [-0.2, 0) is 11.2 Å². The van der Waals surface area contributed by atoms with Crippen LogP contribution in [0.1, 0.15) is 12.6 Å². The van der Waals surface area contributed by atoms with Gasteiger partial charge in [0.1, 0.15) is 11.5 Å². The molecule has 1 amide bonds. The average molecular weight is 407 g/mol. The number of carbonyl (C=O) groups is 1. The van der Waals surface area contributed by atoms with Crippen LogP contribution in [0.15, 0.2) is 60.1 Å². The van der Waals surface area contributed by atoms with Crippen molar-refractivity contribution in [1.29, 1.82) is 0 Å². The maximum absolute atomic E-state index is 12.5. The fourth-order valence-corrected chi connectivity index (χ4v) is 3.90. The molecule has 0 unspecified atom stereocenters. The van der Waals surface area contributed by atoms with Gasteiger partial charge in [-0.2, -0.15) is 0 Å². The van der Waals surface area contributed by atoms with Crippen LogP contribution < -0.4 is 14.8 Å². The van der Waals surface area contributed by atoms with Gasteiger partial charge in [-0.15, -0.1) is 11.3 Å². The van der Waals surface area contributed by atoms with Crippen molar-refractivity contribution in [3.63, 3.8) is 0 Å². The highest BCUT2D eigenvalue weighted by atomic mass is 32.1. The molecule has 148 valence electrons. The van der Waals surface area contributed by atoms with E-state index in [0.29, 0.717) is 6.61 Å². The van der Waals surface area contributed by atoms with Crippen LogP contribution in [0.4, 0.5) is 5.69 Å². The van der Waals surface area contributed by atoms with E-state index < -0.39 is 0 Å². The quantitative estimate of drug-likeness (QED) is 0.484. The number of carbonyl (C=O) groups excluding carboxylic acids is 1. The van der Waals surface area contributed by atoms with Crippen molar-refractivity contribution in [2.45, 2.75) is 13.3 Å². The minimum atomic E-state index is -0.0776. The number of amides is 1. The molecule has 0 saturated carbocycles. The van der Waals surface area contributed by atoms with Crippen LogP contribution >= 0.6 is 11.3 Å². The Hall–Kier alpha value is -3.32. The lowest BCUT2D eigenvalue weighted by Gasteiger charge is -2.06. The number of nitrogens with one attached hydrogen (secondary N) is 1. The van der Waals surface area contributed by atoms with Crippen LogP contribution in [0, 0.1) is 0 Å². The van der Waals surface area contributed by atoms with Crippen LogP contribution in [0.25, 0.3) is 16.2 Å². The van der Waals surface area contributed by atoms with Gasteiger partial charge in [0.15, 0.2) is 4.96 Å². The van der Waals surface area contributed by atoms with E-state index in [9.17, 15) is 4.79 Å². The minimum absolute atomic E-state index is 0.0776. The second-order valence-corrected chi connectivity index (χ2v) is 7.25. The summed E-state index contributed by atoms with van der Waals surface area (Å²) in [4.78, 5) is 18.0. The van der Waals surface area contributed by atoms with Gasteiger partial charge in [0.2, 0.25) is 5.91 Å². The fraction of sp³-hybridized carbons (Fsp3) is 0.182. The fourth-order valence-electron chi connectivity index (χ4n) is 3.03. The summed E-state index contributed by atoms with van der Waals surface area (Å²) in [6, 6.07) is 15.1. The molecule has 0 aliphatic heterocycles. The molecule has 7 heteroatoms. The topological polar surface area (TPSA) is 64.9 Å². The third kappa shape index (κ3) is 4.25. The van der Waals surface area contributed by atoms with Gasteiger partial charge in [-0.3, -0.25) is 9.20 Å². The number of anilines is 1. The summed E-state index contributed by atoms with van der Waals surface area (Å²) in [6.45, 7) is 2.60. The predicted octanol–water partition coefficient (Wildman–Crippen LogP) is 4.65. The largest absolute Gasteiger partial charge is 0.497 e. The number of fused-ring (bicyclic) bond motifs is 1. The summed E-state index contributed by atoms with van der Waals surface area (Å²) in [5.41, 5.74) is 3.53. The zero-order valence-electron chi connectivity index (χ0n) is 16.2. The van der Waals surface area contributed by atoms with Crippen molar-refractivity contribution in [1.82, 2.24) is 9.38 Å². The lowest BCUT2D eigenvalue weighted by Crippen LogP contribution is -2.15. The SMILES string of the molecule is CCOc1ccc(-c2cn3c(CC(=O)Nc4ccc(OC)cc4)csc3n2)cc1. The predicted molar refractivity (Wildman–Crippen MR) is 115 cm³/mol. The Kier molecular flexibility index (Phi) is 5.48. The van der Waals surface area contributed by atoms with E-state index in [2.05, 4.69) is 10.3 Å². The highest BCUT2D eigenvalue weighted by molar-refractivity contribution is 7.15. The van der Waals surface area contributed by atoms with Crippen molar-refractivity contribution in [3.05, 3.63) is 65.8 Å². The van der Waals surface area contributed by atoms with Gasteiger partial charge in [0.25, 0.3) is 0 Å². The molecule has 0 bridgehead atoms. The Balaban J connectivity index is 1.48. The number of ether oxygens (including phenoxy) is 2. The van der Waals surface area contributed by atoms with Crippen molar-refractivity contribution >= 4 is 27.9 Å². The Morgan fingerprint density at radius 3 is 2.52 bits per heavy atom. The second-order valence-electron chi connectivity index (χ2n) is 6.42. The Morgan fingerprint density at radius 2 is 1.83 bits per heavy atom. The van der Waals surface area contributed by atoms with E-state index in [1.165, 1.54) is 11.3 Å². The first-order valence-electron chi connectivity index (χ1n) is 9.29. The number of thiazole rings is 1. The Morgan fingerprint density at radius 1 is 1.10 bits per heavy atom. The Labute approximate surface area is 172 Å². The van der Waals surface area contributed by atoms with E-state index in [1.54, 1.807) is 7.11 Å². The number of aromatic nitrogens is 2. The van der Waals surface area contributed by atoms with Crippen LogP contribution in [0.5, 0.6) is 11.5 Å². The molecule has 4 aromatic rings. The van der Waals surface area contributed by atoms with Gasteiger partial charge in [0.05, 0.1) is 25.8 Å². The standard InChI is InChI=1S/C22H21N3O3S/c1-3-28-19-8-4-15(5-9-19)20-13-25-17(14-29-22(25)24-20)12-21(26)23-16-6-10-18(27-2)11-7-16/h4-11,13-14H,3,12H2,1-2H3,(H,23,26). The minimum Gasteiger partial charge on any atom is -0.497 e. The molecule has 0 aliphatic rings. The number of benzene rings is 2. The zero-order valence-corrected chi connectivity index (χ0v) is 17.0. The zero-order chi connectivity index (χ0) is 20.2. The van der Waals surface area contributed by atoms with Crippen LogP contribution in [0.2, 0.25) is 0 Å². The second kappa shape index (κ2) is 8.36. The maximum Gasteiger partial charge on any atom is 0.230 e. The third-order valence-electron chi connectivity index (χ3n) is 4.46. The molecular weight excluding hydrogens is 386 g/mol.